The van der Waals surface area contributed by atoms with Crippen LogP contribution in [0.25, 0.3) is 11.4 Å². The average molecular weight is 341 g/mol. The molecule has 0 aromatic carbocycles. The molecule has 1 aliphatic rings. The molecule has 2 aromatic heterocycles. The van der Waals surface area contributed by atoms with Crippen molar-refractivity contribution in [3.8, 4) is 11.4 Å². The first-order valence-electron chi connectivity index (χ1n) is 8.34. The second-order valence-corrected chi connectivity index (χ2v) is 6.23. The van der Waals surface area contributed by atoms with Gasteiger partial charge in [-0.15, -0.1) is 0 Å². The summed E-state index contributed by atoms with van der Waals surface area (Å²) in [4.78, 5) is 29.7. The predicted octanol–water partition coefficient (Wildman–Crippen LogP) is 1.53. The summed E-state index contributed by atoms with van der Waals surface area (Å²) in [6.45, 7) is 1.64. The molecule has 0 atom stereocenters. The number of pyridine rings is 1. The summed E-state index contributed by atoms with van der Waals surface area (Å²) in [5, 5.41) is 0. The first kappa shape index (κ1) is 17.3. The quantitative estimate of drug-likeness (QED) is 0.821. The summed E-state index contributed by atoms with van der Waals surface area (Å²) in [6, 6.07) is 3.79. The van der Waals surface area contributed by atoms with E-state index in [4.69, 9.17) is 14.7 Å². The van der Waals surface area contributed by atoms with Crippen LogP contribution in [0.3, 0.4) is 0 Å². The smallest absolute Gasteiger partial charge is 0.225 e. The first-order chi connectivity index (χ1) is 12.1. The molecule has 3 heterocycles. The van der Waals surface area contributed by atoms with Crippen molar-refractivity contribution in [1.29, 1.82) is 0 Å². The van der Waals surface area contributed by atoms with E-state index in [1.54, 1.807) is 19.5 Å². The minimum Gasteiger partial charge on any atom is -0.384 e. The van der Waals surface area contributed by atoms with Crippen LogP contribution < -0.4 is 4.90 Å². The molecule has 3 rings (SSSR count). The SMILES string of the molecule is COCCC(=O)N1CCc2c(nc(-c3ccncc3)nc2N(C)C)C1. The Morgan fingerprint density at radius 2 is 2.04 bits per heavy atom. The Labute approximate surface area is 147 Å². The van der Waals surface area contributed by atoms with Gasteiger partial charge in [-0.25, -0.2) is 9.97 Å². The van der Waals surface area contributed by atoms with Crippen molar-refractivity contribution in [2.75, 3.05) is 39.3 Å². The minimum atomic E-state index is 0.1000. The lowest BCUT2D eigenvalue weighted by Gasteiger charge is -2.30. The van der Waals surface area contributed by atoms with E-state index in [-0.39, 0.29) is 5.91 Å². The molecule has 7 nitrogen and oxygen atoms in total. The third kappa shape index (κ3) is 3.76. The van der Waals surface area contributed by atoms with E-state index in [1.165, 1.54) is 0 Å². The van der Waals surface area contributed by atoms with E-state index in [1.807, 2.05) is 36.0 Å². The Morgan fingerprint density at radius 1 is 1.28 bits per heavy atom. The summed E-state index contributed by atoms with van der Waals surface area (Å²) in [7, 11) is 5.57. The molecule has 0 aliphatic carbocycles. The maximum atomic E-state index is 12.3. The Bertz CT molecular complexity index is 749. The van der Waals surface area contributed by atoms with Crippen molar-refractivity contribution in [1.82, 2.24) is 19.9 Å². The van der Waals surface area contributed by atoms with Crippen molar-refractivity contribution >= 4 is 11.7 Å². The van der Waals surface area contributed by atoms with Crippen molar-refractivity contribution < 1.29 is 9.53 Å². The van der Waals surface area contributed by atoms with Crippen LogP contribution in [0.15, 0.2) is 24.5 Å². The molecule has 0 unspecified atom stereocenters. The number of methoxy groups -OCH3 is 1. The van der Waals surface area contributed by atoms with E-state index >= 15 is 0 Å². The summed E-state index contributed by atoms with van der Waals surface area (Å²) >= 11 is 0. The highest BCUT2D eigenvalue weighted by atomic mass is 16.5. The monoisotopic (exact) mass is 341 g/mol. The standard InChI is InChI=1S/C18H23N5O2/c1-22(2)18-14-6-10-23(16(24)7-11-25-3)12-15(14)20-17(21-18)13-4-8-19-9-5-13/h4-5,8-9H,6-7,10-12H2,1-3H3. The topological polar surface area (TPSA) is 71.5 Å². The summed E-state index contributed by atoms with van der Waals surface area (Å²) in [6.07, 6.45) is 4.62. The van der Waals surface area contributed by atoms with Crippen LogP contribution in [-0.2, 0) is 22.5 Å². The number of fused-ring (bicyclic) bond motifs is 1. The van der Waals surface area contributed by atoms with Gasteiger partial charge in [-0.3, -0.25) is 9.78 Å². The zero-order valence-electron chi connectivity index (χ0n) is 14.9. The highest BCUT2D eigenvalue weighted by Crippen LogP contribution is 2.28. The second-order valence-electron chi connectivity index (χ2n) is 6.23. The molecular formula is C18H23N5O2. The fourth-order valence-corrected chi connectivity index (χ4v) is 2.97. The molecular weight excluding hydrogens is 318 g/mol. The molecule has 0 radical (unpaired) electrons. The molecule has 132 valence electrons. The van der Waals surface area contributed by atoms with Gasteiger partial charge in [0.1, 0.15) is 5.82 Å². The third-order valence-electron chi connectivity index (χ3n) is 4.28. The molecule has 2 aromatic rings. The van der Waals surface area contributed by atoms with Gasteiger partial charge in [0, 0.05) is 51.3 Å². The van der Waals surface area contributed by atoms with Crippen molar-refractivity contribution in [3.63, 3.8) is 0 Å². The van der Waals surface area contributed by atoms with Gasteiger partial charge in [0.2, 0.25) is 5.91 Å². The number of carbonyl (C=O) groups excluding carboxylic acids is 1. The largest absolute Gasteiger partial charge is 0.384 e. The number of hydrogen-bond acceptors (Lipinski definition) is 6. The van der Waals surface area contributed by atoms with Crippen molar-refractivity contribution in [2.45, 2.75) is 19.4 Å². The van der Waals surface area contributed by atoms with Gasteiger partial charge in [-0.05, 0) is 18.6 Å². The van der Waals surface area contributed by atoms with E-state index < -0.39 is 0 Å². The third-order valence-corrected chi connectivity index (χ3v) is 4.28. The normalized spacial score (nSPS) is 13.5. The molecule has 25 heavy (non-hydrogen) atoms. The van der Waals surface area contributed by atoms with Crippen LogP contribution in [-0.4, -0.2) is 60.1 Å². The number of rotatable bonds is 5. The Kier molecular flexibility index (Phi) is 5.23. The first-order valence-corrected chi connectivity index (χ1v) is 8.34. The van der Waals surface area contributed by atoms with Crippen LogP contribution in [0.2, 0.25) is 0 Å². The average Bonchev–Trinajstić information content (AvgIpc) is 2.65. The lowest BCUT2D eigenvalue weighted by molar-refractivity contribution is -0.133. The molecule has 0 fully saturated rings. The molecule has 1 aliphatic heterocycles. The van der Waals surface area contributed by atoms with Crippen LogP contribution in [0.5, 0.6) is 0 Å². The number of anilines is 1. The highest BCUT2D eigenvalue weighted by molar-refractivity contribution is 5.77. The molecule has 0 N–H and O–H groups in total. The van der Waals surface area contributed by atoms with Crippen LogP contribution in [0, 0.1) is 0 Å². The maximum absolute atomic E-state index is 12.3. The number of amides is 1. The van der Waals surface area contributed by atoms with E-state index in [2.05, 4.69) is 4.98 Å². The van der Waals surface area contributed by atoms with Gasteiger partial charge in [-0.2, -0.15) is 0 Å². The van der Waals surface area contributed by atoms with Gasteiger partial charge in [0.15, 0.2) is 5.82 Å². The summed E-state index contributed by atoms with van der Waals surface area (Å²) < 4.78 is 5.01. The minimum absolute atomic E-state index is 0.1000. The molecule has 0 saturated heterocycles. The molecule has 0 bridgehead atoms. The van der Waals surface area contributed by atoms with Crippen molar-refractivity contribution in [3.05, 3.63) is 35.8 Å². The van der Waals surface area contributed by atoms with E-state index in [9.17, 15) is 4.79 Å². The lowest BCUT2D eigenvalue weighted by atomic mass is 10.0. The van der Waals surface area contributed by atoms with Gasteiger partial charge >= 0.3 is 0 Å². The second kappa shape index (κ2) is 7.57. The zero-order chi connectivity index (χ0) is 17.8. The van der Waals surface area contributed by atoms with Crippen LogP contribution >= 0.6 is 0 Å². The lowest BCUT2D eigenvalue weighted by Crippen LogP contribution is -2.37. The van der Waals surface area contributed by atoms with Crippen LogP contribution in [0.4, 0.5) is 5.82 Å². The Balaban J connectivity index is 1.94. The van der Waals surface area contributed by atoms with Gasteiger partial charge in [-0.1, -0.05) is 0 Å². The van der Waals surface area contributed by atoms with Crippen LogP contribution in [0.1, 0.15) is 17.7 Å². The maximum Gasteiger partial charge on any atom is 0.225 e. The van der Waals surface area contributed by atoms with Gasteiger partial charge in [0.25, 0.3) is 0 Å². The summed E-state index contributed by atoms with van der Waals surface area (Å²) in [5.74, 6) is 1.68. The number of aromatic nitrogens is 3. The van der Waals surface area contributed by atoms with Gasteiger partial charge < -0.3 is 14.5 Å². The highest BCUT2D eigenvalue weighted by Gasteiger charge is 2.26. The Morgan fingerprint density at radius 3 is 2.72 bits per heavy atom. The van der Waals surface area contributed by atoms with E-state index in [0.29, 0.717) is 31.9 Å². The number of carbonyl (C=O) groups is 1. The van der Waals surface area contributed by atoms with Gasteiger partial charge in [0.05, 0.1) is 25.3 Å². The molecule has 1 amide bonds. The zero-order valence-corrected chi connectivity index (χ0v) is 14.9. The Hall–Kier alpha value is -2.54. The number of hydrogen-bond donors (Lipinski definition) is 0. The number of nitrogens with zero attached hydrogens (tertiary/aromatic N) is 5. The molecule has 0 saturated carbocycles. The molecule has 0 spiro atoms. The fraction of sp³-hybridized carbons (Fsp3) is 0.444. The molecule has 7 heteroatoms. The van der Waals surface area contributed by atoms with E-state index in [0.717, 1.165) is 29.1 Å². The van der Waals surface area contributed by atoms with Crippen molar-refractivity contribution in [2.24, 2.45) is 0 Å². The predicted molar refractivity (Wildman–Crippen MR) is 95.2 cm³/mol. The summed E-state index contributed by atoms with van der Waals surface area (Å²) in [5.41, 5.74) is 2.96. The fourth-order valence-electron chi connectivity index (χ4n) is 2.97. The number of ether oxygens (including phenoxy) is 1.